The van der Waals surface area contributed by atoms with Crippen molar-refractivity contribution in [2.75, 3.05) is 13.2 Å². The lowest BCUT2D eigenvalue weighted by Crippen LogP contribution is -2.41. The molecule has 8 nitrogen and oxygen atoms in total. The number of aromatic nitrogens is 1. The molecule has 0 bridgehead atoms. The molecule has 1 aliphatic rings. The third-order valence-corrected chi connectivity index (χ3v) is 5.85. The van der Waals surface area contributed by atoms with Crippen LogP contribution in [0.5, 0.6) is 0 Å². The van der Waals surface area contributed by atoms with E-state index in [9.17, 15) is 14.4 Å². The smallest absolute Gasteiger partial charge is 0.462 e. The Labute approximate surface area is 187 Å². The molecule has 0 saturated carbocycles. The van der Waals surface area contributed by atoms with Crippen molar-refractivity contribution in [1.29, 1.82) is 0 Å². The fourth-order valence-electron chi connectivity index (χ4n) is 3.32. The number of fused-ring (bicyclic) bond motifs is 1. The maximum atomic E-state index is 12.9. The van der Waals surface area contributed by atoms with Gasteiger partial charge in [0.2, 0.25) is 11.3 Å². The third-order valence-electron chi connectivity index (χ3n) is 5.85. The Morgan fingerprint density at radius 3 is 2.44 bits per heavy atom. The number of nitrogens with one attached hydrogen (secondary N) is 2. The summed E-state index contributed by atoms with van der Waals surface area (Å²) in [5, 5.41) is 3.15. The van der Waals surface area contributed by atoms with E-state index in [2.05, 4.69) is 10.3 Å². The van der Waals surface area contributed by atoms with Gasteiger partial charge in [-0.1, -0.05) is 12.1 Å². The van der Waals surface area contributed by atoms with Crippen LogP contribution in [-0.4, -0.2) is 48.3 Å². The summed E-state index contributed by atoms with van der Waals surface area (Å²) in [6.07, 6.45) is 3.19. The SMILES string of the molecule is CCOC(=O)c1c[nH]c2ccc(C=C(CNC(C)=O)B3OC(C)(C)C(C)(C)O3)cc2c1=O. The molecule has 2 N–H and O–H groups in total. The van der Waals surface area contributed by atoms with Crippen molar-refractivity contribution in [3.8, 4) is 0 Å². The number of H-pyrrole nitrogens is 1. The first kappa shape index (κ1) is 23.8. The Morgan fingerprint density at radius 2 is 1.84 bits per heavy atom. The highest BCUT2D eigenvalue weighted by Gasteiger charge is 2.52. The molecule has 0 atom stereocenters. The summed E-state index contributed by atoms with van der Waals surface area (Å²) in [5.41, 5.74) is 0.468. The molecule has 0 aliphatic carbocycles. The molecule has 2 heterocycles. The van der Waals surface area contributed by atoms with Crippen molar-refractivity contribution in [2.24, 2.45) is 0 Å². The molecule has 1 amide bonds. The van der Waals surface area contributed by atoms with E-state index in [4.69, 9.17) is 14.0 Å². The number of amides is 1. The summed E-state index contributed by atoms with van der Waals surface area (Å²) in [5.74, 6) is -0.846. The Morgan fingerprint density at radius 1 is 1.19 bits per heavy atom. The Kier molecular flexibility index (Phi) is 6.62. The number of aromatic amines is 1. The van der Waals surface area contributed by atoms with Crippen molar-refractivity contribution >= 4 is 36.0 Å². The molecule has 0 spiro atoms. The van der Waals surface area contributed by atoms with E-state index in [-0.39, 0.29) is 24.6 Å². The highest BCUT2D eigenvalue weighted by Crippen LogP contribution is 2.38. The van der Waals surface area contributed by atoms with Gasteiger partial charge in [-0.2, -0.15) is 0 Å². The molecule has 170 valence electrons. The quantitative estimate of drug-likeness (QED) is 0.529. The van der Waals surface area contributed by atoms with Crippen LogP contribution in [0.3, 0.4) is 0 Å². The highest BCUT2D eigenvalue weighted by atomic mass is 16.7. The minimum atomic E-state index is -0.667. The minimum absolute atomic E-state index is 0.0510. The van der Waals surface area contributed by atoms with Crippen LogP contribution in [0.25, 0.3) is 17.0 Å². The van der Waals surface area contributed by atoms with Gasteiger partial charge in [0.25, 0.3) is 0 Å². The lowest BCUT2D eigenvalue weighted by Gasteiger charge is -2.32. The molecular formula is C23H29BN2O6. The number of esters is 1. The van der Waals surface area contributed by atoms with Crippen LogP contribution in [0, 0.1) is 0 Å². The zero-order valence-electron chi connectivity index (χ0n) is 19.3. The maximum absolute atomic E-state index is 12.9. The molecular weight excluding hydrogens is 411 g/mol. The van der Waals surface area contributed by atoms with E-state index in [0.717, 1.165) is 0 Å². The number of hydrogen-bond acceptors (Lipinski definition) is 6. The molecule has 1 aliphatic heterocycles. The second-order valence-corrected chi connectivity index (χ2v) is 8.77. The predicted octanol–water partition coefficient (Wildman–Crippen LogP) is 2.86. The predicted molar refractivity (Wildman–Crippen MR) is 123 cm³/mol. The van der Waals surface area contributed by atoms with Gasteiger partial charge >= 0.3 is 13.1 Å². The third kappa shape index (κ3) is 4.79. The summed E-state index contributed by atoms with van der Waals surface area (Å²) in [6.45, 7) is 11.3. The largest absolute Gasteiger partial charge is 0.492 e. The molecule has 0 unspecified atom stereocenters. The molecule has 0 radical (unpaired) electrons. The second kappa shape index (κ2) is 8.92. The van der Waals surface area contributed by atoms with Gasteiger partial charge in [0, 0.05) is 30.6 Å². The normalized spacial score (nSPS) is 17.4. The van der Waals surface area contributed by atoms with Crippen LogP contribution < -0.4 is 10.7 Å². The van der Waals surface area contributed by atoms with Crippen LogP contribution in [0.2, 0.25) is 0 Å². The lowest BCUT2D eigenvalue weighted by molar-refractivity contribution is -0.118. The van der Waals surface area contributed by atoms with Crippen molar-refractivity contribution in [1.82, 2.24) is 10.3 Å². The monoisotopic (exact) mass is 440 g/mol. The number of ether oxygens (including phenoxy) is 1. The van der Waals surface area contributed by atoms with Gasteiger partial charge in [-0.25, -0.2) is 4.79 Å². The number of hydrogen-bond donors (Lipinski definition) is 2. The fourth-order valence-corrected chi connectivity index (χ4v) is 3.32. The number of carbonyl (C=O) groups excluding carboxylic acids is 2. The van der Waals surface area contributed by atoms with Crippen molar-refractivity contribution in [3.63, 3.8) is 0 Å². The van der Waals surface area contributed by atoms with Crippen molar-refractivity contribution < 1.29 is 23.6 Å². The van der Waals surface area contributed by atoms with Gasteiger partial charge in [-0.15, -0.1) is 0 Å². The summed E-state index contributed by atoms with van der Waals surface area (Å²) in [6, 6.07) is 5.29. The number of pyridine rings is 1. The summed E-state index contributed by atoms with van der Waals surface area (Å²) in [7, 11) is -0.660. The molecule has 3 rings (SSSR count). The Bertz CT molecular complexity index is 1120. The van der Waals surface area contributed by atoms with E-state index < -0.39 is 29.7 Å². The van der Waals surface area contributed by atoms with E-state index in [1.807, 2.05) is 39.8 Å². The molecule has 1 saturated heterocycles. The van der Waals surface area contributed by atoms with E-state index in [1.54, 1.807) is 19.1 Å². The molecule has 32 heavy (non-hydrogen) atoms. The van der Waals surface area contributed by atoms with Crippen LogP contribution in [0.1, 0.15) is 57.5 Å². The molecule has 1 aromatic heterocycles. The van der Waals surface area contributed by atoms with Crippen LogP contribution in [0.4, 0.5) is 0 Å². The van der Waals surface area contributed by atoms with Gasteiger partial charge in [-0.05, 0) is 57.8 Å². The standard InChI is InChI=1S/C23H29BN2O6/c1-7-30-21(29)18-13-26-19-9-8-15(11-17(19)20(18)28)10-16(12-25-14(2)27)24-31-22(3,4)23(5,6)32-24/h8-11,13H,7,12H2,1-6H3,(H,25,27)(H,26,28). The van der Waals surface area contributed by atoms with Crippen LogP contribution >= 0.6 is 0 Å². The first-order valence-corrected chi connectivity index (χ1v) is 10.6. The Hall–Kier alpha value is -2.91. The average Bonchev–Trinajstić information content (AvgIpc) is 2.92. The topological polar surface area (TPSA) is 107 Å². The van der Waals surface area contributed by atoms with E-state index in [0.29, 0.717) is 21.9 Å². The van der Waals surface area contributed by atoms with Gasteiger partial charge in [0.05, 0.1) is 17.8 Å². The number of carbonyl (C=O) groups is 2. The average molecular weight is 440 g/mol. The molecule has 2 aromatic rings. The molecule has 1 aromatic carbocycles. The zero-order valence-corrected chi connectivity index (χ0v) is 19.3. The first-order valence-electron chi connectivity index (χ1n) is 10.6. The molecule has 9 heteroatoms. The summed E-state index contributed by atoms with van der Waals surface area (Å²) >= 11 is 0. The van der Waals surface area contributed by atoms with E-state index >= 15 is 0 Å². The first-order chi connectivity index (χ1) is 14.9. The van der Waals surface area contributed by atoms with Gasteiger partial charge in [0.15, 0.2) is 0 Å². The number of rotatable bonds is 6. The van der Waals surface area contributed by atoms with E-state index in [1.165, 1.54) is 13.1 Å². The van der Waals surface area contributed by atoms with Crippen LogP contribution in [0.15, 0.2) is 34.7 Å². The van der Waals surface area contributed by atoms with Gasteiger partial charge < -0.3 is 24.3 Å². The molecule has 1 fully saturated rings. The Balaban J connectivity index is 2.03. The minimum Gasteiger partial charge on any atom is -0.462 e. The fraction of sp³-hybridized carbons (Fsp3) is 0.435. The maximum Gasteiger partial charge on any atom is 0.492 e. The summed E-state index contributed by atoms with van der Waals surface area (Å²) < 4.78 is 17.3. The van der Waals surface area contributed by atoms with Crippen LogP contribution in [-0.2, 0) is 18.8 Å². The second-order valence-electron chi connectivity index (χ2n) is 8.77. The van der Waals surface area contributed by atoms with Gasteiger partial charge in [0.1, 0.15) is 5.56 Å². The van der Waals surface area contributed by atoms with Crippen molar-refractivity contribution in [2.45, 2.75) is 52.7 Å². The zero-order chi connectivity index (χ0) is 23.7. The highest BCUT2D eigenvalue weighted by molar-refractivity contribution is 6.56. The number of benzene rings is 1. The summed E-state index contributed by atoms with van der Waals surface area (Å²) in [4.78, 5) is 39.5. The van der Waals surface area contributed by atoms with Crippen molar-refractivity contribution in [3.05, 3.63) is 51.2 Å². The lowest BCUT2D eigenvalue weighted by atomic mass is 9.77. The van der Waals surface area contributed by atoms with Gasteiger partial charge in [-0.3, -0.25) is 9.59 Å².